The average molecular weight is 378 g/mol. The van der Waals surface area contributed by atoms with Gasteiger partial charge in [-0.05, 0) is 35.2 Å². The van der Waals surface area contributed by atoms with Crippen LogP contribution in [-0.4, -0.2) is 27.8 Å². The lowest BCUT2D eigenvalue weighted by Gasteiger charge is -2.09. The number of thiophene rings is 1. The molecule has 0 saturated heterocycles. The third kappa shape index (κ3) is 3.41. The molecule has 0 unspecified atom stereocenters. The maximum Gasteiger partial charge on any atom is 0.252 e. The van der Waals surface area contributed by atoms with Crippen LogP contribution >= 0.6 is 11.3 Å². The molecular formula is C20H18N4O2S. The predicted molar refractivity (Wildman–Crippen MR) is 106 cm³/mol. The molecule has 0 radical (unpaired) electrons. The van der Waals surface area contributed by atoms with Gasteiger partial charge >= 0.3 is 0 Å². The number of fused-ring (bicyclic) bond motifs is 1. The van der Waals surface area contributed by atoms with E-state index in [9.17, 15) is 4.79 Å². The van der Waals surface area contributed by atoms with Gasteiger partial charge in [0.25, 0.3) is 5.91 Å². The molecule has 27 heavy (non-hydrogen) atoms. The highest BCUT2D eigenvalue weighted by atomic mass is 32.1. The maximum atomic E-state index is 12.9. The maximum absolute atomic E-state index is 12.9. The van der Waals surface area contributed by atoms with E-state index in [-0.39, 0.29) is 5.91 Å². The fourth-order valence-corrected chi connectivity index (χ4v) is 3.57. The molecule has 0 atom stereocenters. The van der Waals surface area contributed by atoms with E-state index in [0.717, 1.165) is 28.0 Å². The normalized spacial score (nSPS) is 10.9. The Kier molecular flexibility index (Phi) is 4.60. The number of aryl methyl sites for hydroxylation is 1. The fourth-order valence-electron chi connectivity index (χ4n) is 2.92. The highest BCUT2D eigenvalue weighted by molar-refractivity contribution is 7.08. The van der Waals surface area contributed by atoms with Crippen LogP contribution in [0, 0.1) is 0 Å². The Morgan fingerprint density at radius 2 is 2.19 bits per heavy atom. The molecule has 0 spiro atoms. The van der Waals surface area contributed by atoms with Crippen molar-refractivity contribution >= 4 is 28.3 Å². The van der Waals surface area contributed by atoms with Crippen molar-refractivity contribution in [2.45, 2.75) is 6.54 Å². The van der Waals surface area contributed by atoms with Gasteiger partial charge < -0.3 is 10.1 Å². The number of ether oxygens (including phenoxy) is 1. The minimum atomic E-state index is -0.158. The lowest BCUT2D eigenvalue weighted by Crippen LogP contribution is -2.23. The van der Waals surface area contributed by atoms with Crippen LogP contribution in [0.4, 0.5) is 0 Å². The number of hydrogen-bond acceptors (Lipinski definition) is 5. The first kappa shape index (κ1) is 17.2. The van der Waals surface area contributed by atoms with Crippen LogP contribution in [0.25, 0.3) is 22.3 Å². The van der Waals surface area contributed by atoms with Crippen LogP contribution in [0.1, 0.15) is 15.9 Å². The van der Waals surface area contributed by atoms with Gasteiger partial charge in [-0.3, -0.25) is 9.48 Å². The summed E-state index contributed by atoms with van der Waals surface area (Å²) in [5.41, 5.74) is 3.98. The van der Waals surface area contributed by atoms with Crippen molar-refractivity contribution in [2.24, 2.45) is 7.05 Å². The minimum absolute atomic E-state index is 0.158. The number of nitrogens with zero attached hydrogens (tertiary/aromatic N) is 3. The average Bonchev–Trinajstić information content (AvgIpc) is 3.36. The van der Waals surface area contributed by atoms with Crippen molar-refractivity contribution in [2.75, 3.05) is 7.11 Å². The monoisotopic (exact) mass is 378 g/mol. The Labute approximate surface area is 160 Å². The number of benzene rings is 1. The van der Waals surface area contributed by atoms with E-state index in [4.69, 9.17) is 4.74 Å². The van der Waals surface area contributed by atoms with Gasteiger partial charge in [-0.1, -0.05) is 12.1 Å². The predicted octanol–water partition coefficient (Wildman–Crippen LogP) is 3.64. The quantitative estimate of drug-likeness (QED) is 0.576. The summed E-state index contributed by atoms with van der Waals surface area (Å²) >= 11 is 1.60. The van der Waals surface area contributed by atoms with Gasteiger partial charge in [0, 0.05) is 24.5 Å². The summed E-state index contributed by atoms with van der Waals surface area (Å²) in [5, 5.41) is 12.0. The van der Waals surface area contributed by atoms with E-state index in [2.05, 4.69) is 15.4 Å². The van der Waals surface area contributed by atoms with Gasteiger partial charge in [0.15, 0.2) is 5.65 Å². The molecule has 4 rings (SSSR count). The van der Waals surface area contributed by atoms with Crippen molar-refractivity contribution < 1.29 is 9.53 Å². The van der Waals surface area contributed by atoms with Crippen molar-refractivity contribution in [1.29, 1.82) is 0 Å². The molecule has 0 saturated carbocycles. The summed E-state index contributed by atoms with van der Waals surface area (Å²) in [6.45, 7) is 0.411. The second-order valence-corrected chi connectivity index (χ2v) is 6.89. The summed E-state index contributed by atoms with van der Waals surface area (Å²) in [6, 6.07) is 11.5. The molecule has 0 aliphatic rings. The molecule has 0 aliphatic carbocycles. The zero-order valence-corrected chi connectivity index (χ0v) is 15.8. The highest BCUT2D eigenvalue weighted by Gasteiger charge is 2.16. The van der Waals surface area contributed by atoms with E-state index in [1.807, 2.05) is 54.2 Å². The Morgan fingerprint density at radius 1 is 1.30 bits per heavy atom. The number of carbonyl (C=O) groups excluding carboxylic acids is 1. The van der Waals surface area contributed by atoms with E-state index in [0.29, 0.717) is 17.8 Å². The zero-order chi connectivity index (χ0) is 18.8. The van der Waals surface area contributed by atoms with E-state index in [1.165, 1.54) is 0 Å². The molecule has 3 aromatic heterocycles. The number of nitrogens with one attached hydrogen (secondary N) is 1. The number of rotatable bonds is 5. The van der Waals surface area contributed by atoms with E-state index >= 15 is 0 Å². The summed E-state index contributed by atoms with van der Waals surface area (Å²) in [5.74, 6) is 0.606. The third-order valence-corrected chi connectivity index (χ3v) is 5.04. The number of amides is 1. The SMILES string of the molecule is COc1cccc(CNC(=O)c2cc(-c3ccsc3)nc3c2cnn3C)c1. The van der Waals surface area contributed by atoms with Crippen LogP contribution in [0.15, 0.2) is 53.4 Å². The molecule has 3 heterocycles. The first-order valence-electron chi connectivity index (χ1n) is 8.42. The molecule has 4 aromatic rings. The summed E-state index contributed by atoms with van der Waals surface area (Å²) < 4.78 is 6.92. The van der Waals surface area contributed by atoms with Crippen molar-refractivity contribution in [3.05, 3.63) is 64.5 Å². The largest absolute Gasteiger partial charge is 0.497 e. The molecular weight excluding hydrogens is 360 g/mol. The number of hydrogen-bond donors (Lipinski definition) is 1. The number of aromatic nitrogens is 3. The third-order valence-electron chi connectivity index (χ3n) is 4.35. The molecule has 6 nitrogen and oxygen atoms in total. The lowest BCUT2D eigenvalue weighted by atomic mass is 10.1. The van der Waals surface area contributed by atoms with Gasteiger partial charge in [-0.25, -0.2) is 4.98 Å². The number of pyridine rings is 1. The van der Waals surface area contributed by atoms with Gasteiger partial charge in [-0.15, -0.1) is 0 Å². The first-order chi connectivity index (χ1) is 13.2. The van der Waals surface area contributed by atoms with Crippen LogP contribution in [0.3, 0.4) is 0 Å². The second-order valence-electron chi connectivity index (χ2n) is 6.11. The summed E-state index contributed by atoms with van der Waals surface area (Å²) in [4.78, 5) is 17.6. The van der Waals surface area contributed by atoms with Crippen LogP contribution in [0.2, 0.25) is 0 Å². The molecule has 0 aliphatic heterocycles. The van der Waals surface area contributed by atoms with Crippen molar-refractivity contribution in [3.63, 3.8) is 0 Å². The molecule has 136 valence electrons. The van der Waals surface area contributed by atoms with Gasteiger partial charge in [0.2, 0.25) is 0 Å². The summed E-state index contributed by atoms with van der Waals surface area (Å²) in [6.07, 6.45) is 1.68. The Morgan fingerprint density at radius 3 is 2.96 bits per heavy atom. The van der Waals surface area contributed by atoms with Gasteiger partial charge in [0.1, 0.15) is 5.75 Å². The van der Waals surface area contributed by atoms with Crippen LogP contribution < -0.4 is 10.1 Å². The molecule has 1 amide bonds. The topological polar surface area (TPSA) is 69.0 Å². The van der Waals surface area contributed by atoms with Crippen LogP contribution in [0.5, 0.6) is 5.75 Å². The number of carbonyl (C=O) groups is 1. The Hall–Kier alpha value is -3.19. The highest BCUT2D eigenvalue weighted by Crippen LogP contribution is 2.26. The molecule has 0 bridgehead atoms. The van der Waals surface area contributed by atoms with Crippen molar-refractivity contribution in [3.8, 4) is 17.0 Å². The Bertz CT molecular complexity index is 1100. The molecule has 7 heteroatoms. The molecule has 1 aromatic carbocycles. The van der Waals surface area contributed by atoms with E-state index < -0.39 is 0 Å². The van der Waals surface area contributed by atoms with Gasteiger partial charge in [-0.2, -0.15) is 16.4 Å². The molecule has 1 N–H and O–H groups in total. The summed E-state index contributed by atoms with van der Waals surface area (Å²) in [7, 11) is 3.45. The minimum Gasteiger partial charge on any atom is -0.497 e. The molecule has 0 fully saturated rings. The van der Waals surface area contributed by atoms with Crippen LogP contribution in [-0.2, 0) is 13.6 Å². The van der Waals surface area contributed by atoms with E-state index in [1.54, 1.807) is 29.3 Å². The lowest BCUT2D eigenvalue weighted by molar-refractivity contribution is 0.0952. The zero-order valence-electron chi connectivity index (χ0n) is 15.0. The Balaban J connectivity index is 1.66. The fraction of sp³-hybridized carbons (Fsp3) is 0.150. The van der Waals surface area contributed by atoms with Gasteiger partial charge in [0.05, 0.1) is 30.0 Å². The smallest absolute Gasteiger partial charge is 0.252 e. The first-order valence-corrected chi connectivity index (χ1v) is 9.36. The standard InChI is InChI=1S/C20H18N4O2S/c1-24-19-17(11-22-24)16(9-18(23-19)14-6-7-27-12-14)20(25)21-10-13-4-3-5-15(8-13)26-2/h3-9,11-12H,10H2,1-2H3,(H,21,25). The second kappa shape index (κ2) is 7.20. The van der Waals surface area contributed by atoms with Crippen molar-refractivity contribution in [1.82, 2.24) is 20.1 Å². The number of methoxy groups -OCH3 is 1.